The van der Waals surface area contributed by atoms with Crippen molar-refractivity contribution in [1.29, 1.82) is 10.5 Å². The third-order valence-corrected chi connectivity index (χ3v) is 8.77. The summed E-state index contributed by atoms with van der Waals surface area (Å²) in [5.41, 5.74) is 8.03. The Morgan fingerprint density at radius 1 is 0.400 bits per heavy atom. The molecule has 0 saturated heterocycles. The van der Waals surface area contributed by atoms with Crippen molar-refractivity contribution in [2.75, 3.05) is 9.80 Å². The van der Waals surface area contributed by atoms with Gasteiger partial charge in [0.05, 0.1) is 34.1 Å². The van der Waals surface area contributed by atoms with Gasteiger partial charge in [0.25, 0.3) is 0 Å². The van der Waals surface area contributed by atoms with Crippen LogP contribution in [0.1, 0.15) is 11.4 Å². The van der Waals surface area contributed by atoms with Crippen molar-refractivity contribution in [2.45, 2.75) is 0 Å². The van der Waals surface area contributed by atoms with Gasteiger partial charge in [-0.3, -0.25) is 0 Å². The van der Waals surface area contributed by atoms with Gasteiger partial charge in [-0.25, -0.2) is 9.97 Å². The molecule has 1 aromatic heterocycles. The first-order chi connectivity index (χ1) is 24.7. The minimum Gasteiger partial charge on any atom is -0.453 e. The van der Waals surface area contributed by atoms with E-state index in [-0.39, 0.29) is 11.4 Å². The van der Waals surface area contributed by atoms with Crippen LogP contribution in [0.5, 0.6) is 23.0 Å². The van der Waals surface area contributed by atoms with Crippen LogP contribution in [0.2, 0.25) is 0 Å². The number of hydrogen-bond donors (Lipinski definition) is 0. The molecule has 0 atom stereocenters. The molecule has 9 rings (SSSR count). The third kappa shape index (κ3) is 4.68. The van der Waals surface area contributed by atoms with E-state index < -0.39 is 0 Å². The van der Waals surface area contributed by atoms with Crippen LogP contribution in [0, 0.1) is 22.7 Å². The zero-order valence-corrected chi connectivity index (χ0v) is 26.4. The number of hydrogen-bond acceptors (Lipinski definition) is 8. The SMILES string of the molecule is N#Cc1nc(-c2ccc(N3c4ccccc4Oc4ccccc43)cc2)c(-c2ccc(N3c4ccccc4Oc4ccccc43)cc2)nc1C#N. The third-order valence-electron chi connectivity index (χ3n) is 8.77. The number of para-hydroxylation sites is 8. The van der Waals surface area contributed by atoms with Gasteiger partial charge >= 0.3 is 0 Å². The van der Waals surface area contributed by atoms with Gasteiger partial charge in [0, 0.05) is 22.5 Å². The summed E-state index contributed by atoms with van der Waals surface area (Å²) >= 11 is 0. The maximum Gasteiger partial charge on any atom is 0.177 e. The van der Waals surface area contributed by atoms with Crippen LogP contribution in [0.4, 0.5) is 34.1 Å². The maximum atomic E-state index is 9.89. The van der Waals surface area contributed by atoms with Crippen molar-refractivity contribution in [3.05, 3.63) is 157 Å². The van der Waals surface area contributed by atoms with E-state index in [9.17, 15) is 10.5 Å². The van der Waals surface area contributed by atoms with Gasteiger partial charge in [0.2, 0.25) is 0 Å². The fraction of sp³-hybridized carbons (Fsp3) is 0. The standard InChI is InChI=1S/C42H24N6O2/c43-25-31-32(26-44)46-42(28-19-23-30(24-20-28)48-35-11-3-7-15-39(35)50-40-16-8-4-12-36(40)48)41(45-31)27-17-21-29(22-18-27)47-33-9-1-5-13-37(33)49-38-14-6-2-10-34(38)47/h1-24H. The fourth-order valence-corrected chi connectivity index (χ4v) is 6.50. The summed E-state index contributed by atoms with van der Waals surface area (Å²) in [5.74, 6) is 3.06. The summed E-state index contributed by atoms with van der Waals surface area (Å²) in [5, 5.41) is 19.8. The van der Waals surface area contributed by atoms with E-state index in [0.29, 0.717) is 11.4 Å². The lowest BCUT2D eigenvalue weighted by Gasteiger charge is -2.32. The van der Waals surface area contributed by atoms with Gasteiger partial charge in [0.15, 0.2) is 34.4 Å². The van der Waals surface area contributed by atoms with Gasteiger partial charge in [0.1, 0.15) is 12.1 Å². The van der Waals surface area contributed by atoms with E-state index in [2.05, 4.69) is 31.9 Å². The molecule has 8 nitrogen and oxygen atoms in total. The molecule has 0 N–H and O–H groups in total. The monoisotopic (exact) mass is 644 g/mol. The molecule has 6 aromatic carbocycles. The number of nitrogens with zero attached hydrogens (tertiary/aromatic N) is 6. The van der Waals surface area contributed by atoms with Crippen LogP contribution in [0.25, 0.3) is 22.5 Å². The Bertz CT molecular complexity index is 2270. The smallest absolute Gasteiger partial charge is 0.177 e. The zero-order valence-electron chi connectivity index (χ0n) is 26.4. The van der Waals surface area contributed by atoms with E-state index in [1.54, 1.807) is 0 Å². The molecule has 2 aliphatic heterocycles. The number of rotatable bonds is 4. The van der Waals surface area contributed by atoms with Crippen molar-refractivity contribution < 1.29 is 9.47 Å². The van der Waals surface area contributed by atoms with Crippen molar-refractivity contribution in [3.8, 4) is 57.7 Å². The van der Waals surface area contributed by atoms with Gasteiger partial charge in [-0.15, -0.1) is 0 Å². The summed E-state index contributed by atoms with van der Waals surface area (Å²) in [6.45, 7) is 0. The minimum atomic E-state index is -0.0236. The van der Waals surface area contributed by atoms with E-state index in [0.717, 1.165) is 68.2 Å². The highest BCUT2D eigenvalue weighted by atomic mass is 16.5. The van der Waals surface area contributed by atoms with Gasteiger partial charge < -0.3 is 19.3 Å². The second kappa shape index (κ2) is 11.7. The summed E-state index contributed by atoms with van der Waals surface area (Å²) in [6, 6.07) is 51.7. The Kier molecular flexibility index (Phi) is 6.72. The van der Waals surface area contributed by atoms with Crippen LogP contribution >= 0.6 is 0 Å². The van der Waals surface area contributed by atoms with Crippen molar-refractivity contribution in [2.24, 2.45) is 0 Å². The first-order valence-electron chi connectivity index (χ1n) is 16.0. The summed E-state index contributed by atoms with van der Waals surface area (Å²) in [6.07, 6.45) is 0. The van der Waals surface area contributed by atoms with Crippen LogP contribution in [0.3, 0.4) is 0 Å². The topological polar surface area (TPSA) is 98.3 Å². The lowest BCUT2D eigenvalue weighted by atomic mass is 10.0. The lowest BCUT2D eigenvalue weighted by Crippen LogP contribution is -2.15. The van der Waals surface area contributed by atoms with Crippen LogP contribution in [0.15, 0.2) is 146 Å². The normalized spacial score (nSPS) is 12.2. The highest BCUT2D eigenvalue weighted by Crippen LogP contribution is 2.51. The molecule has 0 amide bonds. The Morgan fingerprint density at radius 3 is 1.00 bits per heavy atom. The number of aromatic nitrogens is 2. The number of nitriles is 2. The predicted molar refractivity (Wildman–Crippen MR) is 192 cm³/mol. The Balaban J connectivity index is 1.13. The Morgan fingerprint density at radius 2 is 0.700 bits per heavy atom. The molecule has 234 valence electrons. The molecule has 2 aliphatic rings. The average Bonchev–Trinajstić information content (AvgIpc) is 3.18. The molecule has 0 radical (unpaired) electrons. The molecule has 0 saturated carbocycles. The molecule has 0 fully saturated rings. The number of fused-ring (bicyclic) bond motifs is 4. The maximum absolute atomic E-state index is 9.89. The molecule has 3 heterocycles. The number of ether oxygens (including phenoxy) is 2. The highest BCUT2D eigenvalue weighted by Gasteiger charge is 2.27. The van der Waals surface area contributed by atoms with Crippen molar-refractivity contribution >= 4 is 34.1 Å². The Labute approximate surface area is 287 Å². The van der Waals surface area contributed by atoms with Crippen molar-refractivity contribution in [3.63, 3.8) is 0 Å². The Hall–Kier alpha value is -7.42. The lowest BCUT2D eigenvalue weighted by molar-refractivity contribution is 0.477. The minimum absolute atomic E-state index is 0.0236. The van der Waals surface area contributed by atoms with E-state index in [4.69, 9.17) is 9.47 Å². The molecule has 0 aliphatic carbocycles. The summed E-state index contributed by atoms with van der Waals surface area (Å²) in [4.78, 5) is 13.7. The molecule has 7 aromatic rings. The molecular formula is C42H24N6O2. The number of anilines is 6. The van der Waals surface area contributed by atoms with E-state index in [1.807, 2.05) is 146 Å². The molecular weight excluding hydrogens is 621 g/mol. The van der Waals surface area contributed by atoms with Crippen LogP contribution < -0.4 is 19.3 Å². The summed E-state index contributed by atoms with van der Waals surface area (Å²) < 4.78 is 12.4. The zero-order chi connectivity index (χ0) is 33.6. The second-order valence-electron chi connectivity index (χ2n) is 11.7. The first kappa shape index (κ1) is 28.8. The van der Waals surface area contributed by atoms with E-state index in [1.165, 1.54) is 0 Å². The van der Waals surface area contributed by atoms with Gasteiger partial charge in [-0.1, -0.05) is 72.8 Å². The number of benzene rings is 6. The van der Waals surface area contributed by atoms with E-state index >= 15 is 0 Å². The second-order valence-corrected chi connectivity index (χ2v) is 11.7. The van der Waals surface area contributed by atoms with Crippen LogP contribution in [-0.4, -0.2) is 9.97 Å². The predicted octanol–water partition coefficient (Wildman–Crippen LogP) is 10.7. The first-order valence-corrected chi connectivity index (χ1v) is 16.0. The summed E-state index contributed by atoms with van der Waals surface area (Å²) in [7, 11) is 0. The molecule has 0 bridgehead atoms. The quantitative estimate of drug-likeness (QED) is 0.187. The largest absolute Gasteiger partial charge is 0.453 e. The molecule has 0 unspecified atom stereocenters. The molecule has 8 heteroatoms. The van der Waals surface area contributed by atoms with Crippen molar-refractivity contribution in [1.82, 2.24) is 9.97 Å². The van der Waals surface area contributed by atoms with Gasteiger partial charge in [-0.2, -0.15) is 10.5 Å². The van der Waals surface area contributed by atoms with Crippen LogP contribution in [-0.2, 0) is 0 Å². The molecule has 50 heavy (non-hydrogen) atoms. The highest BCUT2D eigenvalue weighted by molar-refractivity contribution is 5.89. The van der Waals surface area contributed by atoms with Gasteiger partial charge in [-0.05, 0) is 72.8 Å². The average molecular weight is 645 g/mol. The fourth-order valence-electron chi connectivity index (χ4n) is 6.50. The molecule has 0 spiro atoms.